The number of rotatable bonds is 11. The summed E-state index contributed by atoms with van der Waals surface area (Å²) in [7, 11) is 0. The number of aliphatic imine (C=N–C) groups is 2. The fourth-order valence-corrected chi connectivity index (χ4v) is 6.82. The average Bonchev–Trinajstić information content (AvgIpc) is 4.01. The van der Waals surface area contributed by atoms with Crippen LogP contribution in [0.4, 0.5) is 0 Å². The number of nitrogens with one attached hydrogen (secondary N) is 3. The molecular weight excluding hydrogens is 710 g/mol. The monoisotopic (exact) mass is 736 g/mol. The predicted molar refractivity (Wildman–Crippen MR) is 195 cm³/mol. The Balaban J connectivity index is 1.33. The van der Waals surface area contributed by atoms with E-state index in [0.717, 1.165) is 61.3 Å². The zero-order valence-electron chi connectivity index (χ0n) is 27.5. The van der Waals surface area contributed by atoms with Crippen molar-refractivity contribution in [2.45, 2.75) is 0 Å². The van der Waals surface area contributed by atoms with E-state index in [-0.39, 0.29) is 11.1 Å². The van der Waals surface area contributed by atoms with Crippen LogP contribution in [0.1, 0.15) is 54.6 Å². The number of aromatic nitrogens is 5. The minimum atomic E-state index is -1.02. The van der Waals surface area contributed by atoms with Crippen molar-refractivity contribution in [2.75, 3.05) is 0 Å². The summed E-state index contributed by atoms with van der Waals surface area (Å²) in [6.07, 6.45) is 15.9. The SMILES string of the molecule is C=C/C(N)=C(C1=N/C(=C(/c2ccc(C(=O)O)cc2)c2ccc(/C(=C3/C=CC([C](=[Zn])c4ccc(C(=O)O)cc4)=N3)c3c[nH]cn3)[nH]2)C=C1)\c1c[nH]cn1. The van der Waals surface area contributed by atoms with Gasteiger partial charge in [-0.3, -0.25) is 0 Å². The fourth-order valence-electron chi connectivity index (χ4n) is 5.91. The average molecular weight is 738 g/mol. The second kappa shape index (κ2) is 14.2. The Labute approximate surface area is 306 Å². The molecule has 2 aliphatic heterocycles. The molecule has 0 bridgehead atoms. The van der Waals surface area contributed by atoms with Gasteiger partial charge in [-0.1, -0.05) is 6.58 Å². The normalized spacial score (nSPS) is 16.0. The number of aromatic carboxylic acids is 2. The van der Waals surface area contributed by atoms with E-state index in [1.165, 1.54) is 0 Å². The Hall–Kier alpha value is -6.85. The standard InChI is InChI=1S/C39H28N8O4.Zn/c1-2-27(40)36(33-18-41-20-43-33)30-15-13-28(46-30)35(23-7-9-25(10-8-23)39(50)51)29-14-16-32(47-29)37(34-19-42-21-44-34)31-12-11-26(45-31)17-22-3-5-24(6-4-22)38(48)49;/h2-16,18-21,47H,1,40H2,(H,41,43)(H,42,44)(H,48,49)(H,50,51);/b35-28-,36-27+,37-31+;. The van der Waals surface area contributed by atoms with Gasteiger partial charge in [0.15, 0.2) is 0 Å². The molecule has 5 heterocycles. The van der Waals surface area contributed by atoms with Gasteiger partial charge in [0, 0.05) is 11.9 Å². The quantitative estimate of drug-likeness (QED) is 0.0736. The van der Waals surface area contributed by atoms with E-state index in [0.29, 0.717) is 39.8 Å². The minimum absolute atomic E-state index is 0.161. The van der Waals surface area contributed by atoms with Crippen LogP contribution >= 0.6 is 0 Å². The zero-order chi connectivity index (χ0) is 36.4. The van der Waals surface area contributed by atoms with Crippen molar-refractivity contribution in [1.29, 1.82) is 0 Å². The van der Waals surface area contributed by atoms with E-state index >= 15 is 0 Å². The van der Waals surface area contributed by atoms with Crippen LogP contribution in [-0.2, 0) is 17.9 Å². The number of H-pyrrole nitrogens is 3. The van der Waals surface area contributed by atoms with Crippen LogP contribution in [0.5, 0.6) is 0 Å². The number of nitrogens with two attached hydrogens (primary N) is 1. The van der Waals surface area contributed by atoms with Gasteiger partial charge in [0.05, 0.1) is 23.2 Å². The molecule has 0 amide bonds. The van der Waals surface area contributed by atoms with Gasteiger partial charge in [-0.05, 0) is 6.08 Å². The van der Waals surface area contributed by atoms with Crippen molar-refractivity contribution in [1.82, 2.24) is 24.9 Å². The Morgan fingerprint density at radius 2 is 1.17 bits per heavy atom. The third-order valence-electron chi connectivity index (χ3n) is 8.50. The molecule has 0 radical (unpaired) electrons. The van der Waals surface area contributed by atoms with Crippen molar-refractivity contribution >= 4 is 44.2 Å². The molecule has 13 heteroatoms. The summed E-state index contributed by atoms with van der Waals surface area (Å²) in [4.78, 5) is 51.6. The molecule has 250 valence electrons. The molecule has 52 heavy (non-hydrogen) atoms. The molecule has 7 N–H and O–H groups in total. The van der Waals surface area contributed by atoms with Crippen molar-refractivity contribution in [3.05, 3.63) is 185 Å². The molecule has 0 saturated carbocycles. The minimum Gasteiger partial charge on any atom is -0.351 e. The summed E-state index contributed by atoms with van der Waals surface area (Å²) in [5, 5.41) is 18.9. The first-order valence-corrected chi connectivity index (χ1v) is 17.4. The van der Waals surface area contributed by atoms with E-state index in [4.69, 9.17) is 15.7 Å². The number of nitrogens with zero attached hydrogens (tertiary/aromatic N) is 4. The number of imidazole rings is 2. The number of carboxylic acids is 2. The number of carbonyl (C=O) groups is 2. The van der Waals surface area contributed by atoms with Crippen LogP contribution in [-0.4, -0.2) is 62.6 Å². The Morgan fingerprint density at radius 3 is 1.73 bits per heavy atom. The molecule has 7 rings (SSSR count). The van der Waals surface area contributed by atoms with Crippen molar-refractivity contribution < 1.29 is 37.7 Å². The summed E-state index contributed by atoms with van der Waals surface area (Å²) in [6, 6.07) is 17.3. The summed E-state index contributed by atoms with van der Waals surface area (Å²) in [5.41, 5.74) is 16.4. The van der Waals surface area contributed by atoms with Gasteiger partial charge < -0.3 is 15.8 Å². The van der Waals surface area contributed by atoms with E-state index in [2.05, 4.69) is 31.5 Å². The number of hydrogen-bond donors (Lipinski definition) is 6. The number of hydrogen-bond acceptors (Lipinski definition) is 7. The third-order valence-corrected chi connectivity index (χ3v) is 10.1. The van der Waals surface area contributed by atoms with Crippen molar-refractivity contribution in [2.24, 2.45) is 15.7 Å². The van der Waals surface area contributed by atoms with Crippen LogP contribution in [0.2, 0.25) is 0 Å². The first-order chi connectivity index (χ1) is 25.2. The Morgan fingerprint density at radius 1 is 0.673 bits per heavy atom. The van der Waals surface area contributed by atoms with Crippen molar-refractivity contribution in [3.63, 3.8) is 0 Å². The van der Waals surface area contributed by atoms with Gasteiger partial charge in [0.1, 0.15) is 0 Å². The fraction of sp³-hybridized carbons (Fsp3) is 0. The molecule has 3 aromatic heterocycles. The molecule has 5 aromatic rings. The number of carboxylic acid groups (broad SMARTS) is 2. The molecular formula is C39H28N8O4Zn. The van der Waals surface area contributed by atoms with Gasteiger partial charge >= 0.3 is 234 Å². The molecule has 0 atom stereocenters. The van der Waals surface area contributed by atoms with Crippen LogP contribution in [0.25, 0.3) is 16.7 Å². The van der Waals surface area contributed by atoms with Crippen LogP contribution in [0, 0.1) is 0 Å². The van der Waals surface area contributed by atoms with Gasteiger partial charge in [-0.15, -0.1) is 0 Å². The van der Waals surface area contributed by atoms with Gasteiger partial charge in [-0.2, -0.15) is 0 Å². The zero-order valence-corrected chi connectivity index (χ0v) is 30.4. The van der Waals surface area contributed by atoms with E-state index < -0.39 is 11.9 Å². The Bertz CT molecular complexity index is 2470. The maximum absolute atomic E-state index is 11.7. The van der Waals surface area contributed by atoms with Gasteiger partial charge in [0.2, 0.25) is 0 Å². The number of benzene rings is 2. The molecule has 0 aliphatic carbocycles. The summed E-state index contributed by atoms with van der Waals surface area (Å²) >= 11 is 0.802. The first kappa shape index (κ1) is 33.6. The van der Waals surface area contributed by atoms with Crippen LogP contribution in [0.15, 0.2) is 150 Å². The molecule has 0 saturated heterocycles. The predicted octanol–water partition coefficient (Wildman–Crippen LogP) is 5.72. The van der Waals surface area contributed by atoms with Gasteiger partial charge in [0.25, 0.3) is 0 Å². The van der Waals surface area contributed by atoms with E-state index in [1.54, 1.807) is 79.7 Å². The molecule has 12 nitrogen and oxygen atoms in total. The Kier molecular flexibility index (Phi) is 9.17. The summed E-state index contributed by atoms with van der Waals surface area (Å²) in [6.45, 7) is 3.84. The molecule has 0 unspecified atom stereocenters. The summed E-state index contributed by atoms with van der Waals surface area (Å²) < 4.78 is 1.01. The van der Waals surface area contributed by atoms with E-state index in [9.17, 15) is 19.8 Å². The first-order valence-electron chi connectivity index (χ1n) is 15.9. The second-order valence-electron chi connectivity index (χ2n) is 11.7. The molecule has 2 aliphatic rings. The summed E-state index contributed by atoms with van der Waals surface area (Å²) in [5.74, 6) is -2.00. The number of allylic oxidation sites excluding steroid dienone is 6. The van der Waals surface area contributed by atoms with E-state index in [1.807, 2.05) is 36.4 Å². The number of aromatic amines is 3. The molecule has 0 spiro atoms. The maximum atomic E-state index is 11.7. The van der Waals surface area contributed by atoms with Crippen molar-refractivity contribution in [3.8, 4) is 0 Å². The smallest absolute Gasteiger partial charge is 0.351 e. The molecule has 2 aromatic carbocycles. The third kappa shape index (κ3) is 6.56. The topological polar surface area (TPSA) is 198 Å². The van der Waals surface area contributed by atoms with Crippen LogP contribution in [0.3, 0.4) is 0 Å². The molecule has 0 fully saturated rings. The second-order valence-corrected chi connectivity index (χ2v) is 13.1. The van der Waals surface area contributed by atoms with Gasteiger partial charge in [-0.25, -0.2) is 9.78 Å². The van der Waals surface area contributed by atoms with Crippen LogP contribution < -0.4 is 5.73 Å².